The lowest BCUT2D eigenvalue weighted by Crippen LogP contribution is -2.64. The Kier molecular flexibility index (Phi) is 2.82. The van der Waals surface area contributed by atoms with E-state index in [9.17, 15) is 0 Å². The number of hydrogen-bond donors (Lipinski definition) is 1. The van der Waals surface area contributed by atoms with Gasteiger partial charge in [-0.1, -0.05) is 26.2 Å². The molecule has 5 aliphatic carbocycles. The molecule has 5 fully saturated rings. The minimum absolute atomic E-state index is 0.210. The van der Waals surface area contributed by atoms with Gasteiger partial charge in [-0.25, -0.2) is 0 Å². The zero-order valence-corrected chi connectivity index (χ0v) is 12.7. The molecule has 4 bridgehead atoms. The maximum Gasteiger partial charge on any atom is 0.0214 e. The molecule has 5 aliphatic rings. The molecule has 0 aromatic heterocycles. The van der Waals surface area contributed by atoms with Gasteiger partial charge in [0.2, 0.25) is 0 Å². The second-order valence-electron chi connectivity index (χ2n) is 8.72. The average Bonchev–Trinajstić information content (AvgIpc) is 2.37. The van der Waals surface area contributed by atoms with Crippen LogP contribution >= 0.6 is 0 Å². The summed E-state index contributed by atoms with van der Waals surface area (Å²) in [5.74, 6) is 4.07. The lowest BCUT2D eigenvalue weighted by Gasteiger charge is -2.64. The van der Waals surface area contributed by atoms with E-state index in [0.717, 1.165) is 23.7 Å². The van der Waals surface area contributed by atoms with Gasteiger partial charge >= 0.3 is 0 Å². The summed E-state index contributed by atoms with van der Waals surface area (Å²) < 4.78 is 0. The highest BCUT2D eigenvalue weighted by Crippen LogP contribution is 2.65. The second kappa shape index (κ2) is 4.23. The highest BCUT2D eigenvalue weighted by atomic mass is 14.8. The molecule has 1 nitrogen and oxygen atoms in total. The summed E-state index contributed by atoms with van der Waals surface area (Å²) in [6.45, 7) is 2.37. The van der Waals surface area contributed by atoms with E-state index in [2.05, 4.69) is 6.92 Å². The molecule has 0 spiro atoms. The van der Waals surface area contributed by atoms with Gasteiger partial charge in [0, 0.05) is 5.54 Å². The Morgan fingerprint density at radius 1 is 0.947 bits per heavy atom. The monoisotopic (exact) mass is 261 g/mol. The van der Waals surface area contributed by atoms with Crippen LogP contribution in [0.1, 0.15) is 77.6 Å². The van der Waals surface area contributed by atoms with E-state index >= 15 is 0 Å². The van der Waals surface area contributed by atoms with Crippen molar-refractivity contribution in [3.63, 3.8) is 0 Å². The minimum atomic E-state index is 0.210. The van der Waals surface area contributed by atoms with Crippen molar-refractivity contribution in [2.45, 2.75) is 83.1 Å². The third-order valence-electron chi connectivity index (χ3n) is 7.56. The van der Waals surface area contributed by atoms with E-state index in [1.54, 1.807) is 19.3 Å². The molecule has 0 saturated heterocycles. The molecule has 108 valence electrons. The lowest BCUT2D eigenvalue weighted by atomic mass is 9.42. The molecule has 2 atom stereocenters. The summed E-state index contributed by atoms with van der Waals surface area (Å²) >= 11 is 0. The van der Waals surface area contributed by atoms with Crippen LogP contribution in [0.2, 0.25) is 0 Å². The van der Waals surface area contributed by atoms with Crippen LogP contribution in [0.4, 0.5) is 0 Å². The predicted octanol–water partition coefficient (Wildman–Crippen LogP) is 4.50. The van der Waals surface area contributed by atoms with E-state index in [1.165, 1.54) is 51.4 Å². The fourth-order valence-electron chi connectivity index (χ4n) is 6.98. The Balaban J connectivity index is 1.63. The first kappa shape index (κ1) is 12.7. The quantitative estimate of drug-likeness (QED) is 0.778. The first-order valence-corrected chi connectivity index (χ1v) is 8.91. The van der Waals surface area contributed by atoms with Gasteiger partial charge in [-0.15, -0.1) is 0 Å². The zero-order chi connectivity index (χ0) is 13.1. The van der Waals surface area contributed by atoms with Crippen LogP contribution in [0.25, 0.3) is 0 Å². The molecule has 0 amide bonds. The van der Waals surface area contributed by atoms with Gasteiger partial charge in [0.05, 0.1) is 0 Å². The summed E-state index contributed by atoms with van der Waals surface area (Å²) in [5, 5.41) is 0. The molecule has 2 N–H and O–H groups in total. The fraction of sp³-hybridized carbons (Fsp3) is 1.00. The van der Waals surface area contributed by atoms with Crippen molar-refractivity contribution < 1.29 is 0 Å². The Bertz CT molecular complexity index is 325. The third-order valence-corrected chi connectivity index (χ3v) is 7.56. The largest absolute Gasteiger partial charge is 0.325 e. The van der Waals surface area contributed by atoms with Crippen LogP contribution in [0.5, 0.6) is 0 Å². The third kappa shape index (κ3) is 1.83. The van der Waals surface area contributed by atoms with Crippen LogP contribution in [-0.2, 0) is 0 Å². The number of hydrogen-bond acceptors (Lipinski definition) is 1. The Morgan fingerprint density at radius 3 is 2.05 bits per heavy atom. The van der Waals surface area contributed by atoms with E-state index in [-0.39, 0.29) is 5.54 Å². The van der Waals surface area contributed by atoms with Gasteiger partial charge in [-0.05, 0) is 80.5 Å². The number of nitrogens with two attached hydrogens (primary N) is 1. The zero-order valence-electron chi connectivity index (χ0n) is 12.7. The molecule has 1 heteroatoms. The first-order valence-electron chi connectivity index (χ1n) is 8.91. The normalized spacial score (nSPS) is 56.5. The van der Waals surface area contributed by atoms with E-state index in [1.807, 2.05) is 0 Å². The summed E-state index contributed by atoms with van der Waals surface area (Å²) in [6, 6.07) is 0. The van der Waals surface area contributed by atoms with Crippen LogP contribution < -0.4 is 5.73 Å². The number of rotatable bonds is 2. The topological polar surface area (TPSA) is 26.0 Å². The standard InChI is InChI=1S/C18H31N/c1-2-13-4-3-5-18(19,12-13)17-9-14-6-15(10-17)8-16(7-14)11-17/h13-16H,2-12,19H2,1H3. The molecular formula is C18H31N. The second-order valence-corrected chi connectivity index (χ2v) is 8.72. The predicted molar refractivity (Wildman–Crippen MR) is 79.8 cm³/mol. The van der Waals surface area contributed by atoms with Gasteiger partial charge in [-0.3, -0.25) is 0 Å². The molecule has 0 aromatic carbocycles. The van der Waals surface area contributed by atoms with Crippen LogP contribution in [0, 0.1) is 29.1 Å². The van der Waals surface area contributed by atoms with Crippen molar-refractivity contribution in [2.75, 3.05) is 0 Å². The van der Waals surface area contributed by atoms with Gasteiger partial charge in [0.25, 0.3) is 0 Å². The van der Waals surface area contributed by atoms with Gasteiger partial charge < -0.3 is 5.73 Å². The van der Waals surface area contributed by atoms with Gasteiger partial charge in [0.1, 0.15) is 0 Å². The molecule has 5 rings (SSSR count). The van der Waals surface area contributed by atoms with Gasteiger partial charge in [0.15, 0.2) is 0 Å². The smallest absolute Gasteiger partial charge is 0.0214 e. The SMILES string of the molecule is CCC1CCCC(N)(C23CC4CC(CC(C4)C2)C3)C1. The maximum atomic E-state index is 7.12. The lowest BCUT2D eigenvalue weighted by molar-refractivity contribution is -0.112. The highest BCUT2D eigenvalue weighted by Gasteiger charge is 2.59. The summed E-state index contributed by atoms with van der Waals surface area (Å²) in [7, 11) is 0. The van der Waals surface area contributed by atoms with E-state index in [4.69, 9.17) is 5.73 Å². The maximum absolute atomic E-state index is 7.12. The fourth-order valence-corrected chi connectivity index (χ4v) is 6.98. The average molecular weight is 261 g/mol. The molecule has 0 heterocycles. The minimum Gasteiger partial charge on any atom is -0.325 e. The van der Waals surface area contributed by atoms with Crippen molar-refractivity contribution in [3.05, 3.63) is 0 Å². The van der Waals surface area contributed by atoms with Gasteiger partial charge in [-0.2, -0.15) is 0 Å². The van der Waals surface area contributed by atoms with E-state index < -0.39 is 0 Å². The van der Waals surface area contributed by atoms with Crippen LogP contribution in [0.3, 0.4) is 0 Å². The summed E-state index contributed by atoms with van der Waals surface area (Å²) in [4.78, 5) is 0. The summed E-state index contributed by atoms with van der Waals surface area (Å²) in [6.07, 6.45) is 16.0. The molecule has 2 unspecified atom stereocenters. The van der Waals surface area contributed by atoms with Crippen molar-refractivity contribution in [1.29, 1.82) is 0 Å². The van der Waals surface area contributed by atoms with Crippen molar-refractivity contribution in [1.82, 2.24) is 0 Å². The molecule has 0 radical (unpaired) electrons. The molecule has 0 aromatic rings. The highest BCUT2D eigenvalue weighted by molar-refractivity contribution is 5.13. The van der Waals surface area contributed by atoms with Crippen LogP contribution in [0.15, 0.2) is 0 Å². The Hall–Kier alpha value is -0.0400. The molecule has 5 saturated carbocycles. The van der Waals surface area contributed by atoms with Crippen molar-refractivity contribution in [2.24, 2.45) is 34.8 Å². The molecule has 19 heavy (non-hydrogen) atoms. The summed E-state index contributed by atoms with van der Waals surface area (Å²) in [5.41, 5.74) is 7.90. The Morgan fingerprint density at radius 2 is 1.53 bits per heavy atom. The Labute approximate surface area is 118 Å². The van der Waals surface area contributed by atoms with Crippen LogP contribution in [-0.4, -0.2) is 5.54 Å². The molecular weight excluding hydrogens is 230 g/mol. The van der Waals surface area contributed by atoms with Crippen molar-refractivity contribution in [3.8, 4) is 0 Å². The molecule has 0 aliphatic heterocycles. The first-order chi connectivity index (χ1) is 9.12. The van der Waals surface area contributed by atoms with E-state index in [0.29, 0.717) is 5.41 Å². The van der Waals surface area contributed by atoms with Crippen molar-refractivity contribution >= 4 is 0 Å².